The van der Waals surface area contributed by atoms with Gasteiger partial charge in [0.1, 0.15) is 5.60 Å². The molecule has 0 aromatic carbocycles. The lowest BCUT2D eigenvalue weighted by atomic mass is 9.86. The standard InChI is InChI=1S/C26H34N6O4/c1-5-35-24(33)21-16-32-15-20(18-10-12-27-13-11-18)30-22(23(32)31-21)28-14-17-6-8-19(9-7-17)29-25(34)36-26(2,3)4/h10-13,15-17,19H,5-9,14H2,1-4H3,(H,28,30)(H,29,34)/t17-,19-. The van der Waals surface area contributed by atoms with Crippen molar-refractivity contribution in [3.8, 4) is 11.3 Å². The van der Waals surface area contributed by atoms with E-state index >= 15 is 0 Å². The summed E-state index contributed by atoms with van der Waals surface area (Å²) >= 11 is 0. The highest BCUT2D eigenvalue weighted by atomic mass is 16.6. The van der Waals surface area contributed by atoms with Crippen molar-refractivity contribution in [3.63, 3.8) is 0 Å². The van der Waals surface area contributed by atoms with Crippen molar-refractivity contribution < 1.29 is 19.1 Å². The topological polar surface area (TPSA) is 120 Å². The minimum absolute atomic E-state index is 0.121. The van der Waals surface area contributed by atoms with E-state index in [9.17, 15) is 9.59 Å². The van der Waals surface area contributed by atoms with E-state index in [0.29, 0.717) is 23.9 Å². The molecule has 1 amide bonds. The quantitative estimate of drug-likeness (QED) is 0.462. The van der Waals surface area contributed by atoms with Gasteiger partial charge in [0, 0.05) is 42.9 Å². The van der Waals surface area contributed by atoms with Crippen LogP contribution in [0.15, 0.2) is 36.9 Å². The molecule has 1 fully saturated rings. The molecule has 0 unspecified atom stereocenters. The third kappa shape index (κ3) is 6.50. The van der Waals surface area contributed by atoms with E-state index in [2.05, 4.69) is 20.6 Å². The molecule has 1 saturated carbocycles. The van der Waals surface area contributed by atoms with E-state index in [1.54, 1.807) is 29.9 Å². The lowest BCUT2D eigenvalue weighted by molar-refractivity contribution is 0.0485. The fraction of sp³-hybridized carbons (Fsp3) is 0.500. The van der Waals surface area contributed by atoms with Crippen molar-refractivity contribution in [1.29, 1.82) is 0 Å². The van der Waals surface area contributed by atoms with Gasteiger partial charge in [0.15, 0.2) is 17.2 Å². The van der Waals surface area contributed by atoms with Crippen LogP contribution in [0.2, 0.25) is 0 Å². The second-order valence-electron chi connectivity index (χ2n) is 10.0. The third-order valence-corrected chi connectivity index (χ3v) is 6.02. The van der Waals surface area contributed by atoms with Gasteiger partial charge in [-0.3, -0.25) is 4.98 Å². The minimum atomic E-state index is -0.506. The van der Waals surface area contributed by atoms with Crippen LogP contribution in [0.5, 0.6) is 0 Å². The Morgan fingerprint density at radius 2 is 1.81 bits per heavy atom. The summed E-state index contributed by atoms with van der Waals surface area (Å²) in [5.74, 6) is 0.565. The number of carbonyl (C=O) groups excluding carboxylic acids is 2. The fourth-order valence-electron chi connectivity index (χ4n) is 4.31. The van der Waals surface area contributed by atoms with Crippen molar-refractivity contribution in [3.05, 3.63) is 42.6 Å². The Labute approximate surface area is 210 Å². The van der Waals surface area contributed by atoms with Crippen LogP contribution in [0.4, 0.5) is 10.6 Å². The summed E-state index contributed by atoms with van der Waals surface area (Å²) in [7, 11) is 0. The van der Waals surface area contributed by atoms with Crippen molar-refractivity contribution in [1.82, 2.24) is 24.7 Å². The first kappa shape index (κ1) is 25.4. The van der Waals surface area contributed by atoms with Crippen LogP contribution in [-0.4, -0.2) is 56.2 Å². The molecule has 0 atom stereocenters. The van der Waals surface area contributed by atoms with E-state index in [4.69, 9.17) is 14.5 Å². The predicted octanol–water partition coefficient (Wildman–Crippen LogP) is 4.46. The van der Waals surface area contributed by atoms with Gasteiger partial charge in [-0.2, -0.15) is 0 Å². The van der Waals surface area contributed by atoms with Crippen LogP contribution in [0.25, 0.3) is 16.9 Å². The smallest absolute Gasteiger partial charge is 0.407 e. The molecule has 0 saturated heterocycles. The van der Waals surface area contributed by atoms with Gasteiger partial charge in [-0.15, -0.1) is 0 Å². The monoisotopic (exact) mass is 494 g/mol. The maximum atomic E-state index is 12.3. The van der Waals surface area contributed by atoms with Crippen molar-refractivity contribution in [2.45, 2.75) is 65.0 Å². The number of nitrogens with zero attached hydrogens (tertiary/aromatic N) is 4. The number of hydrogen-bond donors (Lipinski definition) is 2. The van der Waals surface area contributed by atoms with Crippen LogP contribution in [0, 0.1) is 5.92 Å². The third-order valence-electron chi connectivity index (χ3n) is 6.02. The summed E-state index contributed by atoms with van der Waals surface area (Å²) < 4.78 is 12.3. The first-order valence-electron chi connectivity index (χ1n) is 12.4. The molecule has 0 spiro atoms. The number of aromatic nitrogens is 4. The number of hydrogen-bond acceptors (Lipinski definition) is 8. The van der Waals surface area contributed by atoms with Gasteiger partial charge in [0.2, 0.25) is 0 Å². The lowest BCUT2D eigenvalue weighted by Crippen LogP contribution is -2.41. The first-order chi connectivity index (χ1) is 17.2. The molecule has 0 bridgehead atoms. The zero-order valence-electron chi connectivity index (χ0n) is 21.3. The van der Waals surface area contributed by atoms with Crippen LogP contribution < -0.4 is 10.6 Å². The maximum absolute atomic E-state index is 12.3. The van der Waals surface area contributed by atoms with Crippen molar-refractivity contribution in [2.24, 2.45) is 5.92 Å². The molecule has 4 rings (SSSR count). The molecule has 3 aromatic rings. The van der Waals surface area contributed by atoms with Gasteiger partial charge in [-0.05, 0) is 71.4 Å². The number of fused-ring (bicyclic) bond motifs is 1. The fourth-order valence-corrected chi connectivity index (χ4v) is 4.31. The van der Waals surface area contributed by atoms with Gasteiger partial charge in [-0.1, -0.05) is 0 Å². The van der Waals surface area contributed by atoms with Gasteiger partial charge in [0.05, 0.1) is 12.3 Å². The van der Waals surface area contributed by atoms with E-state index < -0.39 is 11.6 Å². The molecule has 36 heavy (non-hydrogen) atoms. The zero-order chi connectivity index (χ0) is 25.7. The van der Waals surface area contributed by atoms with Gasteiger partial charge >= 0.3 is 12.1 Å². The van der Waals surface area contributed by atoms with Gasteiger partial charge < -0.3 is 24.5 Å². The Morgan fingerprint density at radius 3 is 2.47 bits per heavy atom. The van der Waals surface area contributed by atoms with Gasteiger partial charge in [-0.25, -0.2) is 19.6 Å². The lowest BCUT2D eigenvalue weighted by Gasteiger charge is -2.30. The molecule has 0 radical (unpaired) electrons. The van der Waals surface area contributed by atoms with E-state index in [1.807, 2.05) is 39.1 Å². The van der Waals surface area contributed by atoms with Crippen LogP contribution in [-0.2, 0) is 9.47 Å². The number of carbonyl (C=O) groups is 2. The number of esters is 1. The number of anilines is 1. The average molecular weight is 495 g/mol. The number of pyridine rings is 1. The molecule has 192 valence electrons. The van der Waals surface area contributed by atoms with Crippen molar-refractivity contribution in [2.75, 3.05) is 18.5 Å². The SMILES string of the molecule is CCOC(=O)c1cn2cc(-c3ccncc3)nc(NC[C@H]3CC[C@H](NC(=O)OC(C)(C)C)CC3)c2n1. The van der Waals surface area contributed by atoms with Crippen LogP contribution >= 0.6 is 0 Å². The average Bonchev–Trinajstić information content (AvgIpc) is 3.27. The predicted molar refractivity (Wildman–Crippen MR) is 136 cm³/mol. The van der Waals surface area contributed by atoms with Crippen molar-refractivity contribution >= 4 is 23.5 Å². The molecular formula is C26H34N6O4. The van der Waals surface area contributed by atoms with E-state index in [0.717, 1.165) is 36.9 Å². The van der Waals surface area contributed by atoms with Crippen LogP contribution in [0.1, 0.15) is 63.9 Å². The first-order valence-corrected chi connectivity index (χ1v) is 12.4. The largest absolute Gasteiger partial charge is 0.461 e. The molecule has 1 aliphatic rings. The second-order valence-corrected chi connectivity index (χ2v) is 10.0. The molecule has 1 aliphatic carbocycles. The molecule has 3 aromatic heterocycles. The normalized spacial score (nSPS) is 18.0. The number of rotatable bonds is 7. The highest BCUT2D eigenvalue weighted by Crippen LogP contribution is 2.27. The highest BCUT2D eigenvalue weighted by molar-refractivity contribution is 5.89. The van der Waals surface area contributed by atoms with Gasteiger partial charge in [0.25, 0.3) is 0 Å². The minimum Gasteiger partial charge on any atom is -0.461 e. The Balaban J connectivity index is 1.45. The Hall–Kier alpha value is -3.69. The molecule has 3 heterocycles. The number of alkyl carbamates (subject to hydrolysis) is 1. The number of ether oxygens (including phenoxy) is 2. The number of amides is 1. The number of nitrogens with one attached hydrogen (secondary N) is 2. The van der Waals surface area contributed by atoms with E-state index in [1.165, 1.54) is 0 Å². The molecule has 10 nitrogen and oxygen atoms in total. The van der Waals surface area contributed by atoms with E-state index in [-0.39, 0.29) is 24.4 Å². The summed E-state index contributed by atoms with van der Waals surface area (Å²) in [5.41, 5.74) is 1.95. The summed E-state index contributed by atoms with van der Waals surface area (Å²) in [6, 6.07) is 3.90. The molecule has 10 heteroatoms. The Kier molecular flexibility index (Phi) is 7.71. The Bertz CT molecular complexity index is 1200. The second kappa shape index (κ2) is 10.9. The molecular weight excluding hydrogens is 460 g/mol. The zero-order valence-corrected chi connectivity index (χ0v) is 21.3. The summed E-state index contributed by atoms with van der Waals surface area (Å²) in [6.45, 7) is 8.34. The molecule has 0 aliphatic heterocycles. The number of imidazole rings is 1. The summed E-state index contributed by atoms with van der Waals surface area (Å²) in [5, 5.41) is 6.45. The summed E-state index contributed by atoms with van der Waals surface area (Å²) in [4.78, 5) is 37.8. The summed E-state index contributed by atoms with van der Waals surface area (Å²) in [6.07, 6.45) is 10.3. The maximum Gasteiger partial charge on any atom is 0.407 e. The highest BCUT2D eigenvalue weighted by Gasteiger charge is 2.25. The Morgan fingerprint density at radius 1 is 1.08 bits per heavy atom. The van der Waals surface area contributed by atoms with Crippen LogP contribution in [0.3, 0.4) is 0 Å². The molecule has 2 N–H and O–H groups in total.